The average molecular weight is 361 g/mol. The van der Waals surface area contributed by atoms with Crippen LogP contribution in [0.5, 0.6) is 11.5 Å². The molecule has 0 unspecified atom stereocenters. The highest BCUT2D eigenvalue weighted by Gasteiger charge is 2.21. The van der Waals surface area contributed by atoms with Crippen LogP contribution in [-0.2, 0) is 18.5 Å². The molecule has 1 aromatic carbocycles. The lowest BCUT2D eigenvalue weighted by atomic mass is 9.97. The molecule has 0 atom stereocenters. The number of ether oxygens (including phenoxy) is 2. The van der Waals surface area contributed by atoms with Crippen molar-refractivity contribution in [2.75, 3.05) is 21.3 Å². The first-order valence-electron chi connectivity index (χ1n) is 8.36. The molecule has 0 fully saturated rings. The number of nitrogens with one attached hydrogen (secondary N) is 2. The third kappa shape index (κ3) is 5.11. The minimum Gasteiger partial charge on any atom is -0.497 e. The molecule has 0 bridgehead atoms. The molecular weight excluding hydrogens is 334 g/mol. The molecule has 1 aromatic heterocycles. The smallest absolute Gasteiger partial charge is 0.232 e. The summed E-state index contributed by atoms with van der Waals surface area (Å²) in [6.07, 6.45) is 0. The maximum absolute atomic E-state index is 5.40. The van der Waals surface area contributed by atoms with Crippen molar-refractivity contribution >= 4 is 5.96 Å². The average Bonchev–Trinajstić information content (AvgIpc) is 3.11. The normalized spacial score (nSPS) is 12.0. The highest BCUT2D eigenvalue weighted by molar-refractivity contribution is 5.79. The summed E-state index contributed by atoms with van der Waals surface area (Å²) in [5.41, 5.74) is 0.821. The Morgan fingerprint density at radius 2 is 1.88 bits per heavy atom. The maximum atomic E-state index is 5.40. The van der Waals surface area contributed by atoms with Crippen LogP contribution in [0, 0.1) is 0 Å². The molecule has 0 saturated heterocycles. The zero-order valence-corrected chi connectivity index (χ0v) is 16.2. The van der Waals surface area contributed by atoms with E-state index in [0.717, 1.165) is 17.1 Å². The summed E-state index contributed by atoms with van der Waals surface area (Å²) in [6, 6.07) is 5.69. The molecule has 26 heavy (non-hydrogen) atoms. The van der Waals surface area contributed by atoms with Crippen LogP contribution < -0.4 is 20.1 Å². The first-order chi connectivity index (χ1) is 12.4. The molecule has 8 nitrogen and oxygen atoms in total. The number of aliphatic imine (C=N–C) groups is 1. The second kappa shape index (κ2) is 8.55. The maximum Gasteiger partial charge on any atom is 0.232 e. The Morgan fingerprint density at radius 3 is 2.46 bits per heavy atom. The molecule has 1 heterocycles. The van der Waals surface area contributed by atoms with Crippen molar-refractivity contribution < 1.29 is 14.0 Å². The van der Waals surface area contributed by atoms with Gasteiger partial charge in [-0.3, -0.25) is 4.99 Å². The number of guanidine groups is 1. The van der Waals surface area contributed by atoms with Gasteiger partial charge in [0, 0.05) is 30.6 Å². The Morgan fingerprint density at radius 1 is 1.15 bits per heavy atom. The lowest BCUT2D eigenvalue weighted by molar-refractivity contribution is 0.318. The summed E-state index contributed by atoms with van der Waals surface area (Å²) in [6.45, 7) is 7.05. The molecule has 0 spiro atoms. The van der Waals surface area contributed by atoms with E-state index in [2.05, 4.69) is 25.8 Å². The standard InChI is InChI=1S/C18H27N5O3/c1-18(2,3)16-22-15(23-26-16)11-21-17(19-4)20-10-12-7-8-13(24-5)9-14(12)25-6/h7-9H,10-11H2,1-6H3,(H2,19,20,21). The predicted octanol–water partition coefficient (Wildman–Crippen LogP) is 2.25. The van der Waals surface area contributed by atoms with Gasteiger partial charge < -0.3 is 24.6 Å². The quantitative estimate of drug-likeness (QED) is 0.602. The topological polar surface area (TPSA) is 93.8 Å². The van der Waals surface area contributed by atoms with Gasteiger partial charge in [0.25, 0.3) is 0 Å². The third-order valence-corrected chi connectivity index (χ3v) is 3.69. The van der Waals surface area contributed by atoms with Gasteiger partial charge in [-0.2, -0.15) is 4.98 Å². The number of aromatic nitrogens is 2. The van der Waals surface area contributed by atoms with Crippen molar-refractivity contribution in [1.82, 2.24) is 20.8 Å². The number of benzene rings is 1. The molecule has 8 heteroatoms. The number of hydrogen-bond acceptors (Lipinski definition) is 6. The van der Waals surface area contributed by atoms with Gasteiger partial charge in [0.15, 0.2) is 11.8 Å². The molecule has 2 aromatic rings. The monoisotopic (exact) mass is 361 g/mol. The second-order valence-corrected chi connectivity index (χ2v) is 6.72. The largest absolute Gasteiger partial charge is 0.497 e. The van der Waals surface area contributed by atoms with E-state index in [1.54, 1.807) is 21.3 Å². The molecule has 0 aliphatic heterocycles. The number of nitrogens with zero attached hydrogens (tertiary/aromatic N) is 3. The van der Waals surface area contributed by atoms with Gasteiger partial charge in [-0.25, -0.2) is 0 Å². The van der Waals surface area contributed by atoms with E-state index in [9.17, 15) is 0 Å². The highest BCUT2D eigenvalue weighted by Crippen LogP contribution is 2.24. The van der Waals surface area contributed by atoms with E-state index in [-0.39, 0.29) is 5.41 Å². The zero-order valence-electron chi connectivity index (χ0n) is 16.2. The zero-order chi connectivity index (χ0) is 19.2. The summed E-state index contributed by atoms with van der Waals surface area (Å²) in [7, 11) is 4.97. The predicted molar refractivity (Wildman–Crippen MR) is 99.6 cm³/mol. The minimum absolute atomic E-state index is 0.171. The Labute approximate surface area is 154 Å². The number of rotatable bonds is 6. The van der Waals surface area contributed by atoms with Crippen LogP contribution in [0.15, 0.2) is 27.7 Å². The summed E-state index contributed by atoms with van der Waals surface area (Å²) in [5.74, 6) is 3.32. The van der Waals surface area contributed by atoms with Gasteiger partial charge in [0.05, 0.1) is 20.8 Å². The fourth-order valence-electron chi connectivity index (χ4n) is 2.19. The van der Waals surface area contributed by atoms with Crippen molar-refractivity contribution in [2.24, 2.45) is 4.99 Å². The highest BCUT2D eigenvalue weighted by atomic mass is 16.5. The third-order valence-electron chi connectivity index (χ3n) is 3.69. The van der Waals surface area contributed by atoms with Crippen LogP contribution in [0.4, 0.5) is 0 Å². The summed E-state index contributed by atoms with van der Waals surface area (Å²) in [5, 5.41) is 10.4. The van der Waals surface area contributed by atoms with Crippen molar-refractivity contribution in [3.05, 3.63) is 35.5 Å². The van der Waals surface area contributed by atoms with E-state index in [0.29, 0.717) is 30.8 Å². The van der Waals surface area contributed by atoms with Crippen molar-refractivity contribution in [2.45, 2.75) is 39.3 Å². The number of hydrogen-bond donors (Lipinski definition) is 2. The SMILES string of the molecule is CN=C(NCc1noc(C(C)(C)C)n1)NCc1ccc(OC)cc1OC. The van der Waals surface area contributed by atoms with Crippen LogP contribution in [0.2, 0.25) is 0 Å². The van der Waals surface area contributed by atoms with Crippen LogP contribution in [0.3, 0.4) is 0 Å². The van der Waals surface area contributed by atoms with Gasteiger partial charge in [0.2, 0.25) is 5.89 Å². The van der Waals surface area contributed by atoms with E-state index in [4.69, 9.17) is 14.0 Å². The van der Waals surface area contributed by atoms with Gasteiger partial charge in [-0.1, -0.05) is 25.9 Å². The van der Waals surface area contributed by atoms with Gasteiger partial charge >= 0.3 is 0 Å². The first-order valence-corrected chi connectivity index (χ1v) is 8.36. The summed E-state index contributed by atoms with van der Waals surface area (Å²) < 4.78 is 15.9. The molecule has 0 saturated carbocycles. The molecule has 0 radical (unpaired) electrons. The van der Waals surface area contributed by atoms with E-state index < -0.39 is 0 Å². The molecule has 2 N–H and O–H groups in total. The van der Waals surface area contributed by atoms with Crippen molar-refractivity contribution in [1.29, 1.82) is 0 Å². The first kappa shape index (κ1) is 19.6. The summed E-state index contributed by atoms with van der Waals surface area (Å²) >= 11 is 0. The minimum atomic E-state index is -0.171. The molecule has 0 amide bonds. The van der Waals surface area contributed by atoms with Gasteiger partial charge in [-0.05, 0) is 12.1 Å². The number of methoxy groups -OCH3 is 2. The molecule has 2 rings (SSSR count). The van der Waals surface area contributed by atoms with Gasteiger partial charge in [-0.15, -0.1) is 0 Å². The molecule has 0 aliphatic carbocycles. The fourth-order valence-corrected chi connectivity index (χ4v) is 2.19. The lowest BCUT2D eigenvalue weighted by Crippen LogP contribution is -2.36. The van der Waals surface area contributed by atoms with E-state index in [1.165, 1.54) is 0 Å². The summed E-state index contributed by atoms with van der Waals surface area (Å²) in [4.78, 5) is 8.60. The lowest BCUT2D eigenvalue weighted by Gasteiger charge is -2.14. The Bertz CT molecular complexity index is 750. The van der Waals surface area contributed by atoms with Crippen LogP contribution >= 0.6 is 0 Å². The Balaban J connectivity index is 1.93. The second-order valence-electron chi connectivity index (χ2n) is 6.72. The van der Waals surface area contributed by atoms with Crippen LogP contribution in [0.1, 0.15) is 38.0 Å². The Hall–Kier alpha value is -2.77. The molecular formula is C18H27N5O3. The van der Waals surface area contributed by atoms with Crippen LogP contribution in [-0.4, -0.2) is 37.4 Å². The Kier molecular flexibility index (Phi) is 6.43. The van der Waals surface area contributed by atoms with E-state index in [1.807, 2.05) is 39.0 Å². The molecule has 0 aliphatic rings. The van der Waals surface area contributed by atoms with Gasteiger partial charge in [0.1, 0.15) is 11.5 Å². The van der Waals surface area contributed by atoms with Crippen molar-refractivity contribution in [3.8, 4) is 11.5 Å². The van der Waals surface area contributed by atoms with Crippen molar-refractivity contribution in [3.63, 3.8) is 0 Å². The fraction of sp³-hybridized carbons (Fsp3) is 0.500. The van der Waals surface area contributed by atoms with E-state index >= 15 is 0 Å². The molecule has 142 valence electrons. The van der Waals surface area contributed by atoms with Crippen LogP contribution in [0.25, 0.3) is 0 Å².